The molecule has 0 saturated heterocycles. The Morgan fingerprint density at radius 2 is 1.97 bits per heavy atom. The fourth-order valence-electron chi connectivity index (χ4n) is 7.40. The summed E-state index contributed by atoms with van der Waals surface area (Å²) in [6.07, 6.45) is 4.85. The zero-order chi connectivity index (χ0) is 22.1. The molecule has 0 amide bonds. The van der Waals surface area contributed by atoms with Gasteiger partial charge in [0, 0.05) is 30.1 Å². The summed E-state index contributed by atoms with van der Waals surface area (Å²) in [6.45, 7) is 6.47. The van der Waals surface area contributed by atoms with Crippen molar-refractivity contribution in [1.29, 1.82) is 0 Å². The van der Waals surface area contributed by atoms with E-state index in [-0.39, 0.29) is 30.0 Å². The van der Waals surface area contributed by atoms with Gasteiger partial charge in [-0.1, -0.05) is 32.4 Å². The number of carbonyl (C=O) groups excluding carboxylic acids is 3. The molecule has 1 N–H and O–H groups in total. The average molecular weight is 419 g/mol. The van der Waals surface area contributed by atoms with Crippen LogP contribution >= 0.6 is 0 Å². The van der Waals surface area contributed by atoms with E-state index in [1.807, 2.05) is 20.8 Å². The van der Waals surface area contributed by atoms with E-state index in [0.717, 1.165) is 0 Å². The van der Waals surface area contributed by atoms with Crippen molar-refractivity contribution in [2.45, 2.75) is 71.6 Å². The van der Waals surface area contributed by atoms with Crippen LogP contribution in [0.4, 0.5) is 4.39 Å². The van der Waals surface area contributed by atoms with Gasteiger partial charge >= 0.3 is 5.97 Å². The van der Waals surface area contributed by atoms with Crippen molar-refractivity contribution >= 4 is 17.5 Å². The van der Waals surface area contributed by atoms with Crippen LogP contribution in [0.15, 0.2) is 23.3 Å². The predicted molar refractivity (Wildman–Crippen MR) is 108 cm³/mol. The molecule has 4 aliphatic carbocycles. The van der Waals surface area contributed by atoms with Crippen LogP contribution in [0.3, 0.4) is 0 Å². The van der Waals surface area contributed by atoms with E-state index in [1.54, 1.807) is 0 Å². The molecule has 0 aromatic carbocycles. The standard InChI is InChI=1S/C24H31FO5/c1-13-9-18-16-11-20(25)19-10-15(28)5-7-22(19,3)17(16)6-8-23(18,4)24(13,21(29)12-26)30-14(2)27/h6,10,13,16,18,20,26H,5,7-9,11-12H2,1-4H3/t13-,16+,18-,20-,22+,23-,24-/m0/s1. The molecule has 6 heteroatoms. The number of ether oxygens (including phenoxy) is 1. The van der Waals surface area contributed by atoms with Crippen molar-refractivity contribution in [2.24, 2.45) is 28.6 Å². The van der Waals surface area contributed by atoms with Crippen LogP contribution in [0.1, 0.15) is 59.8 Å². The van der Waals surface area contributed by atoms with E-state index in [9.17, 15) is 19.5 Å². The fraction of sp³-hybridized carbons (Fsp3) is 0.708. The molecule has 0 heterocycles. The summed E-state index contributed by atoms with van der Waals surface area (Å²) in [4.78, 5) is 37.0. The summed E-state index contributed by atoms with van der Waals surface area (Å²) in [5.74, 6) is -1.44. The van der Waals surface area contributed by atoms with Crippen molar-refractivity contribution in [3.05, 3.63) is 23.3 Å². The van der Waals surface area contributed by atoms with Gasteiger partial charge in [0.05, 0.1) is 0 Å². The summed E-state index contributed by atoms with van der Waals surface area (Å²) in [6, 6.07) is 0. The van der Waals surface area contributed by atoms with Crippen LogP contribution in [0.25, 0.3) is 0 Å². The highest BCUT2D eigenvalue weighted by atomic mass is 19.1. The molecule has 4 rings (SSSR count). The lowest BCUT2D eigenvalue weighted by Crippen LogP contribution is -2.60. The van der Waals surface area contributed by atoms with E-state index < -0.39 is 41.0 Å². The molecular weight excluding hydrogens is 387 g/mol. The second kappa shape index (κ2) is 6.84. The summed E-state index contributed by atoms with van der Waals surface area (Å²) < 4.78 is 21.1. The Hall–Kier alpha value is -1.82. The molecule has 0 unspecified atom stereocenters. The fourth-order valence-corrected chi connectivity index (χ4v) is 7.40. The molecule has 0 aromatic rings. The third-order valence-corrected chi connectivity index (χ3v) is 8.72. The minimum Gasteiger partial charge on any atom is -0.450 e. The second-order valence-corrected chi connectivity index (χ2v) is 10.1. The SMILES string of the molecule is CC(=O)O[C@]1(C(=O)CO)[C@@H](C)C[C@H]2[C@@H]3C[C@H](F)C4=CC(=O)CC[C@]4(C)C3=CC[C@@]21C. The zero-order valence-corrected chi connectivity index (χ0v) is 18.2. The smallest absolute Gasteiger partial charge is 0.303 e. The molecule has 30 heavy (non-hydrogen) atoms. The monoisotopic (exact) mass is 418 g/mol. The molecule has 5 nitrogen and oxygen atoms in total. The molecule has 0 bridgehead atoms. The molecule has 2 fully saturated rings. The van der Waals surface area contributed by atoms with Crippen LogP contribution in [-0.2, 0) is 19.1 Å². The molecule has 4 aliphatic rings. The van der Waals surface area contributed by atoms with Gasteiger partial charge in [0.25, 0.3) is 0 Å². The first kappa shape index (κ1) is 21.4. The van der Waals surface area contributed by atoms with Gasteiger partial charge < -0.3 is 9.84 Å². The van der Waals surface area contributed by atoms with Gasteiger partial charge in [-0.25, -0.2) is 4.39 Å². The van der Waals surface area contributed by atoms with Gasteiger partial charge in [-0.05, 0) is 49.2 Å². The van der Waals surface area contributed by atoms with E-state index in [0.29, 0.717) is 31.3 Å². The van der Waals surface area contributed by atoms with Gasteiger partial charge in [0.2, 0.25) is 5.78 Å². The minimum absolute atomic E-state index is 0.0123. The number of carbonyl (C=O) groups is 3. The van der Waals surface area contributed by atoms with E-state index in [4.69, 9.17) is 4.74 Å². The van der Waals surface area contributed by atoms with Crippen LogP contribution in [0, 0.1) is 28.6 Å². The summed E-state index contributed by atoms with van der Waals surface area (Å²) in [7, 11) is 0. The molecule has 2 saturated carbocycles. The number of hydrogen-bond donors (Lipinski definition) is 1. The zero-order valence-electron chi connectivity index (χ0n) is 18.2. The lowest BCUT2D eigenvalue weighted by molar-refractivity contribution is -0.188. The van der Waals surface area contributed by atoms with E-state index in [1.165, 1.54) is 18.6 Å². The number of aliphatic hydroxyl groups is 1. The summed E-state index contributed by atoms with van der Waals surface area (Å²) >= 11 is 0. The minimum atomic E-state index is -1.41. The van der Waals surface area contributed by atoms with Crippen LogP contribution in [-0.4, -0.2) is 41.0 Å². The molecule has 0 aliphatic heterocycles. The maximum Gasteiger partial charge on any atom is 0.303 e. The Morgan fingerprint density at radius 3 is 2.60 bits per heavy atom. The van der Waals surface area contributed by atoms with E-state index >= 15 is 4.39 Å². The normalized spacial score (nSPS) is 44.9. The quantitative estimate of drug-likeness (QED) is 0.561. The average Bonchev–Trinajstić information content (AvgIpc) is 2.90. The van der Waals surface area contributed by atoms with Crippen LogP contribution < -0.4 is 0 Å². The maximum atomic E-state index is 15.4. The highest BCUT2D eigenvalue weighted by Gasteiger charge is 2.70. The number of alkyl halides is 1. The third kappa shape index (κ3) is 2.58. The van der Waals surface area contributed by atoms with Crippen LogP contribution in [0.5, 0.6) is 0 Å². The lowest BCUT2D eigenvalue weighted by Gasteiger charge is -2.55. The Labute approximate surface area is 176 Å². The Balaban J connectivity index is 1.84. The number of aliphatic hydroxyl groups excluding tert-OH is 1. The number of halogens is 1. The van der Waals surface area contributed by atoms with Gasteiger partial charge in [-0.15, -0.1) is 0 Å². The number of fused-ring (bicyclic) bond motifs is 5. The summed E-state index contributed by atoms with van der Waals surface area (Å²) in [5.41, 5.74) is -0.845. The van der Waals surface area contributed by atoms with Crippen molar-refractivity contribution < 1.29 is 28.6 Å². The first-order chi connectivity index (χ1) is 14.0. The van der Waals surface area contributed by atoms with Crippen LogP contribution in [0.2, 0.25) is 0 Å². The van der Waals surface area contributed by atoms with E-state index in [2.05, 4.69) is 6.08 Å². The van der Waals surface area contributed by atoms with Crippen molar-refractivity contribution in [1.82, 2.24) is 0 Å². The largest absolute Gasteiger partial charge is 0.450 e. The van der Waals surface area contributed by atoms with Gasteiger partial charge in [-0.2, -0.15) is 0 Å². The number of Topliss-reactive ketones (excluding diaryl/α,β-unsaturated/α-hetero) is 1. The maximum absolute atomic E-state index is 15.4. The Bertz CT molecular complexity index is 875. The first-order valence-electron chi connectivity index (χ1n) is 10.9. The molecule has 164 valence electrons. The Kier molecular flexibility index (Phi) is 4.88. The number of esters is 1. The molecule has 0 radical (unpaired) electrons. The number of hydrogen-bond acceptors (Lipinski definition) is 5. The van der Waals surface area contributed by atoms with Gasteiger partial charge in [0.1, 0.15) is 12.8 Å². The topological polar surface area (TPSA) is 80.7 Å². The van der Waals surface area contributed by atoms with Crippen molar-refractivity contribution in [3.63, 3.8) is 0 Å². The Morgan fingerprint density at radius 1 is 1.27 bits per heavy atom. The highest BCUT2D eigenvalue weighted by molar-refractivity contribution is 5.93. The number of allylic oxidation sites excluding steroid dienone is 4. The summed E-state index contributed by atoms with van der Waals surface area (Å²) in [5, 5.41) is 9.73. The highest BCUT2D eigenvalue weighted by Crippen LogP contribution is 2.68. The number of ketones is 2. The molecular formula is C24H31FO5. The lowest BCUT2D eigenvalue weighted by atomic mass is 9.50. The second-order valence-electron chi connectivity index (χ2n) is 10.1. The molecule has 7 atom stereocenters. The predicted octanol–water partition coefficient (Wildman–Crippen LogP) is 3.50. The molecule has 0 spiro atoms. The van der Waals surface area contributed by atoms with Crippen molar-refractivity contribution in [3.8, 4) is 0 Å². The third-order valence-electron chi connectivity index (χ3n) is 8.72. The number of rotatable bonds is 3. The van der Waals surface area contributed by atoms with Crippen molar-refractivity contribution in [2.75, 3.05) is 6.61 Å². The molecule has 0 aromatic heterocycles. The first-order valence-corrected chi connectivity index (χ1v) is 10.9. The van der Waals surface area contributed by atoms with Gasteiger partial charge in [0.15, 0.2) is 11.4 Å². The van der Waals surface area contributed by atoms with Gasteiger partial charge in [-0.3, -0.25) is 14.4 Å².